The van der Waals surface area contributed by atoms with E-state index in [-0.39, 0.29) is 23.8 Å². The third-order valence-electron chi connectivity index (χ3n) is 8.10. The van der Waals surface area contributed by atoms with E-state index in [4.69, 9.17) is 5.73 Å². The number of carbonyl (C=O) groups excluding carboxylic acids is 2. The van der Waals surface area contributed by atoms with E-state index >= 15 is 0 Å². The normalized spacial score (nSPS) is 38.8. The van der Waals surface area contributed by atoms with Crippen molar-refractivity contribution in [2.45, 2.75) is 108 Å². The fourth-order valence-corrected chi connectivity index (χ4v) is 6.57. The van der Waals surface area contributed by atoms with Crippen LogP contribution in [0.1, 0.15) is 89.9 Å². The molecule has 4 saturated carbocycles. The molecule has 0 radical (unpaired) electrons. The minimum atomic E-state index is 0.124. The maximum Gasteiger partial charge on any atom is 0.223 e. The molecule has 2 unspecified atom stereocenters. The third kappa shape index (κ3) is 4.90. The van der Waals surface area contributed by atoms with Crippen molar-refractivity contribution < 1.29 is 9.59 Å². The smallest absolute Gasteiger partial charge is 0.223 e. The number of nitrogens with two attached hydrogens (primary N) is 1. The van der Waals surface area contributed by atoms with E-state index in [2.05, 4.69) is 10.6 Å². The van der Waals surface area contributed by atoms with Crippen LogP contribution in [0.4, 0.5) is 0 Å². The van der Waals surface area contributed by atoms with E-state index in [0.29, 0.717) is 36.3 Å². The number of rotatable bonds is 5. The summed E-state index contributed by atoms with van der Waals surface area (Å²) in [6, 6.07) is 0.946. The van der Waals surface area contributed by atoms with Gasteiger partial charge < -0.3 is 16.4 Å². The van der Waals surface area contributed by atoms with Crippen LogP contribution in [-0.4, -0.2) is 29.9 Å². The molecule has 4 N–H and O–H groups in total. The molecule has 5 nitrogen and oxygen atoms in total. The van der Waals surface area contributed by atoms with E-state index in [1.165, 1.54) is 44.9 Å². The molecule has 0 saturated heterocycles. The van der Waals surface area contributed by atoms with Crippen molar-refractivity contribution in [3.63, 3.8) is 0 Å². The highest BCUT2D eigenvalue weighted by molar-refractivity contribution is 5.79. The number of hydrogen-bond donors (Lipinski definition) is 3. The Bertz CT molecular complexity index is 538. The zero-order valence-electron chi connectivity index (χ0n) is 17.3. The zero-order valence-corrected chi connectivity index (χ0v) is 17.3. The van der Waals surface area contributed by atoms with Gasteiger partial charge in [-0.3, -0.25) is 9.59 Å². The second-order valence-electron chi connectivity index (χ2n) is 10.2. The fourth-order valence-electron chi connectivity index (χ4n) is 6.57. The molecular formula is C23H39N3O2. The lowest BCUT2D eigenvalue weighted by atomic mass is 9.67. The number of hydrogen-bond acceptors (Lipinski definition) is 3. The Morgan fingerprint density at radius 2 is 1.43 bits per heavy atom. The Morgan fingerprint density at radius 3 is 2.07 bits per heavy atom. The first-order chi connectivity index (χ1) is 13.6. The maximum absolute atomic E-state index is 12.9. The summed E-state index contributed by atoms with van der Waals surface area (Å²) in [4.78, 5) is 25.2. The first kappa shape index (κ1) is 20.2. The number of nitrogens with one attached hydrogen (secondary N) is 2. The Kier molecular flexibility index (Phi) is 6.59. The van der Waals surface area contributed by atoms with Crippen LogP contribution < -0.4 is 16.4 Å². The van der Waals surface area contributed by atoms with Gasteiger partial charge in [0, 0.05) is 30.5 Å². The molecule has 4 aliphatic carbocycles. The molecule has 2 amide bonds. The summed E-state index contributed by atoms with van der Waals surface area (Å²) < 4.78 is 0. The van der Waals surface area contributed by atoms with Crippen LogP contribution in [0.3, 0.4) is 0 Å². The third-order valence-corrected chi connectivity index (χ3v) is 8.10. The summed E-state index contributed by atoms with van der Waals surface area (Å²) in [6.45, 7) is 0. The molecule has 0 aromatic rings. The number of carbonyl (C=O) groups is 2. The van der Waals surface area contributed by atoms with Crippen molar-refractivity contribution in [2.24, 2.45) is 29.4 Å². The van der Waals surface area contributed by atoms with Crippen LogP contribution in [0.15, 0.2) is 0 Å². The predicted molar refractivity (Wildman–Crippen MR) is 110 cm³/mol. The minimum absolute atomic E-state index is 0.124. The molecule has 4 aliphatic rings. The highest BCUT2D eigenvalue weighted by Crippen LogP contribution is 2.40. The van der Waals surface area contributed by atoms with Gasteiger partial charge in [0.25, 0.3) is 0 Å². The van der Waals surface area contributed by atoms with Crippen LogP contribution in [0.25, 0.3) is 0 Å². The van der Waals surface area contributed by atoms with Crippen LogP contribution in [0, 0.1) is 23.7 Å². The molecule has 2 atom stereocenters. The molecule has 4 fully saturated rings. The van der Waals surface area contributed by atoms with E-state index in [1.807, 2.05) is 0 Å². The van der Waals surface area contributed by atoms with Crippen LogP contribution in [-0.2, 0) is 9.59 Å². The van der Waals surface area contributed by atoms with Gasteiger partial charge in [-0.25, -0.2) is 0 Å². The highest BCUT2D eigenvalue weighted by atomic mass is 16.2. The lowest BCUT2D eigenvalue weighted by molar-refractivity contribution is -0.128. The summed E-state index contributed by atoms with van der Waals surface area (Å²) in [5, 5.41) is 6.67. The summed E-state index contributed by atoms with van der Waals surface area (Å²) in [7, 11) is 0. The molecule has 2 bridgehead atoms. The van der Waals surface area contributed by atoms with Crippen LogP contribution in [0.5, 0.6) is 0 Å². The van der Waals surface area contributed by atoms with Gasteiger partial charge in [0.05, 0.1) is 0 Å². The van der Waals surface area contributed by atoms with Crippen molar-refractivity contribution in [2.75, 3.05) is 0 Å². The van der Waals surface area contributed by atoms with E-state index in [9.17, 15) is 9.59 Å². The molecule has 158 valence electrons. The zero-order chi connectivity index (χ0) is 19.5. The molecule has 0 aromatic heterocycles. The lowest BCUT2D eigenvalue weighted by Crippen LogP contribution is -2.55. The first-order valence-electron chi connectivity index (χ1n) is 11.9. The van der Waals surface area contributed by atoms with Crippen molar-refractivity contribution in [3.8, 4) is 0 Å². The van der Waals surface area contributed by atoms with E-state index < -0.39 is 0 Å². The van der Waals surface area contributed by atoms with Gasteiger partial charge in [0.2, 0.25) is 11.8 Å². The molecule has 0 aromatic carbocycles. The molecule has 28 heavy (non-hydrogen) atoms. The number of fused-ring (bicyclic) bond motifs is 2. The Morgan fingerprint density at radius 1 is 0.786 bits per heavy atom. The standard InChI is InChI=1S/C23H39N3O2/c24-19-13-17-6-3-7-18(14-19)22(17)26-23(28)16-8-10-20(11-9-16)25-21(27)12-15-4-1-2-5-15/h15-20,22H,1-14,24H2,(H,25,27)(H,26,28). The van der Waals surface area contributed by atoms with Gasteiger partial charge in [0.15, 0.2) is 0 Å². The first-order valence-corrected chi connectivity index (χ1v) is 11.9. The summed E-state index contributed by atoms with van der Waals surface area (Å²) >= 11 is 0. The maximum atomic E-state index is 12.9. The molecule has 4 rings (SSSR count). The largest absolute Gasteiger partial charge is 0.353 e. The van der Waals surface area contributed by atoms with Gasteiger partial charge >= 0.3 is 0 Å². The van der Waals surface area contributed by atoms with Crippen LogP contribution in [0.2, 0.25) is 0 Å². The molecular weight excluding hydrogens is 350 g/mol. The monoisotopic (exact) mass is 389 g/mol. The molecule has 0 heterocycles. The van der Waals surface area contributed by atoms with Gasteiger partial charge in [-0.15, -0.1) is 0 Å². The van der Waals surface area contributed by atoms with Crippen molar-refractivity contribution in [3.05, 3.63) is 0 Å². The lowest BCUT2D eigenvalue weighted by Gasteiger charge is -2.45. The topological polar surface area (TPSA) is 84.2 Å². The fraction of sp³-hybridized carbons (Fsp3) is 0.913. The second-order valence-corrected chi connectivity index (χ2v) is 10.2. The Labute approximate surface area is 170 Å². The van der Waals surface area contributed by atoms with Crippen LogP contribution >= 0.6 is 0 Å². The van der Waals surface area contributed by atoms with E-state index in [1.54, 1.807) is 0 Å². The SMILES string of the molecule is NC1CC2CCCC(C1)C2NC(=O)C1CCC(NC(=O)CC2CCCC2)CC1. The molecule has 0 aliphatic heterocycles. The average molecular weight is 390 g/mol. The highest BCUT2D eigenvalue weighted by Gasteiger charge is 2.41. The minimum Gasteiger partial charge on any atom is -0.353 e. The molecule has 0 spiro atoms. The molecule has 5 heteroatoms. The van der Waals surface area contributed by atoms with Crippen molar-refractivity contribution in [1.82, 2.24) is 10.6 Å². The summed E-state index contributed by atoms with van der Waals surface area (Å²) in [6.07, 6.45) is 15.3. The van der Waals surface area contributed by atoms with Gasteiger partial charge in [0.1, 0.15) is 0 Å². The summed E-state index contributed by atoms with van der Waals surface area (Å²) in [5.74, 6) is 2.37. The average Bonchev–Trinajstić information content (AvgIpc) is 3.16. The Hall–Kier alpha value is -1.10. The van der Waals surface area contributed by atoms with Crippen molar-refractivity contribution >= 4 is 11.8 Å². The predicted octanol–water partition coefficient (Wildman–Crippen LogP) is 3.26. The van der Waals surface area contributed by atoms with Gasteiger partial charge in [-0.05, 0) is 82.0 Å². The van der Waals surface area contributed by atoms with Gasteiger partial charge in [-0.2, -0.15) is 0 Å². The Balaban J connectivity index is 1.20. The summed E-state index contributed by atoms with van der Waals surface area (Å²) in [5.41, 5.74) is 6.22. The second kappa shape index (κ2) is 9.15. The van der Waals surface area contributed by atoms with E-state index in [0.717, 1.165) is 38.5 Å². The quantitative estimate of drug-likeness (QED) is 0.675. The van der Waals surface area contributed by atoms with Crippen molar-refractivity contribution in [1.29, 1.82) is 0 Å². The van der Waals surface area contributed by atoms with Gasteiger partial charge in [-0.1, -0.05) is 19.3 Å². The number of amides is 2.